The summed E-state index contributed by atoms with van der Waals surface area (Å²) in [5.41, 5.74) is 10.1. The molecule has 2 aromatic carbocycles. The number of aryl methyl sites for hydroxylation is 1. The lowest BCUT2D eigenvalue weighted by molar-refractivity contribution is 0.0951. The van der Waals surface area contributed by atoms with Crippen molar-refractivity contribution < 1.29 is 4.79 Å². The van der Waals surface area contributed by atoms with Gasteiger partial charge in [-0.2, -0.15) is 0 Å². The number of carbonyl (C=O) groups is 1. The zero-order chi connectivity index (χ0) is 15.4. The lowest BCUT2D eigenvalue weighted by Gasteiger charge is -2.17. The monoisotopic (exact) mass is 283 g/mol. The number of hydrogen-bond donors (Lipinski definition) is 2. The Balaban J connectivity index is 2.13. The van der Waals surface area contributed by atoms with Crippen LogP contribution < -0.4 is 16.0 Å². The van der Waals surface area contributed by atoms with Crippen molar-refractivity contribution in [2.45, 2.75) is 13.5 Å². The quantitative estimate of drug-likeness (QED) is 0.848. The van der Waals surface area contributed by atoms with Gasteiger partial charge in [0.05, 0.1) is 5.56 Å². The predicted octanol–water partition coefficient (Wildman–Crippen LogP) is 2.57. The molecule has 110 valence electrons. The molecule has 0 radical (unpaired) electrons. The SMILES string of the molecule is Cc1ccc(CNC(=O)c2cc(N)ccc2N(C)C)cc1. The molecule has 0 atom stereocenters. The Morgan fingerprint density at radius 2 is 1.81 bits per heavy atom. The van der Waals surface area contributed by atoms with Gasteiger partial charge in [0.25, 0.3) is 5.91 Å². The number of carbonyl (C=O) groups excluding carboxylic acids is 1. The van der Waals surface area contributed by atoms with E-state index in [1.165, 1.54) is 5.56 Å². The van der Waals surface area contributed by atoms with Crippen molar-refractivity contribution in [1.29, 1.82) is 0 Å². The number of hydrogen-bond acceptors (Lipinski definition) is 3. The van der Waals surface area contributed by atoms with Gasteiger partial charge in [-0.1, -0.05) is 29.8 Å². The van der Waals surface area contributed by atoms with E-state index in [1.807, 2.05) is 56.3 Å². The summed E-state index contributed by atoms with van der Waals surface area (Å²) in [7, 11) is 3.81. The lowest BCUT2D eigenvalue weighted by Crippen LogP contribution is -2.25. The molecule has 0 spiro atoms. The van der Waals surface area contributed by atoms with Crippen LogP contribution in [0.4, 0.5) is 11.4 Å². The van der Waals surface area contributed by atoms with E-state index in [9.17, 15) is 4.79 Å². The summed E-state index contributed by atoms with van der Waals surface area (Å²) >= 11 is 0. The van der Waals surface area contributed by atoms with Crippen LogP contribution >= 0.6 is 0 Å². The summed E-state index contributed by atoms with van der Waals surface area (Å²) in [5, 5.41) is 2.94. The second-order valence-electron chi connectivity index (χ2n) is 5.34. The lowest BCUT2D eigenvalue weighted by atomic mass is 10.1. The van der Waals surface area contributed by atoms with Crippen LogP contribution in [-0.2, 0) is 6.54 Å². The summed E-state index contributed by atoms with van der Waals surface area (Å²) in [6.07, 6.45) is 0. The number of nitrogens with two attached hydrogens (primary N) is 1. The van der Waals surface area contributed by atoms with E-state index < -0.39 is 0 Å². The maximum Gasteiger partial charge on any atom is 0.253 e. The fourth-order valence-electron chi connectivity index (χ4n) is 2.11. The smallest absolute Gasteiger partial charge is 0.253 e. The topological polar surface area (TPSA) is 58.4 Å². The molecule has 0 fully saturated rings. The van der Waals surface area contributed by atoms with Crippen molar-refractivity contribution in [2.75, 3.05) is 24.7 Å². The Labute approximate surface area is 125 Å². The number of rotatable bonds is 4. The van der Waals surface area contributed by atoms with Gasteiger partial charge in [-0.15, -0.1) is 0 Å². The number of nitrogens with one attached hydrogen (secondary N) is 1. The van der Waals surface area contributed by atoms with Gasteiger partial charge < -0.3 is 16.0 Å². The molecule has 3 N–H and O–H groups in total. The molecule has 0 aliphatic heterocycles. The van der Waals surface area contributed by atoms with E-state index in [0.29, 0.717) is 17.8 Å². The molecule has 0 aliphatic carbocycles. The van der Waals surface area contributed by atoms with Crippen LogP contribution in [0.25, 0.3) is 0 Å². The molecule has 0 aliphatic rings. The minimum Gasteiger partial charge on any atom is -0.399 e. The molecule has 4 nitrogen and oxygen atoms in total. The molecule has 0 bridgehead atoms. The van der Waals surface area contributed by atoms with Gasteiger partial charge >= 0.3 is 0 Å². The van der Waals surface area contributed by atoms with Crippen molar-refractivity contribution in [3.05, 3.63) is 59.2 Å². The van der Waals surface area contributed by atoms with E-state index in [2.05, 4.69) is 5.32 Å². The Morgan fingerprint density at radius 1 is 1.14 bits per heavy atom. The molecule has 21 heavy (non-hydrogen) atoms. The molecule has 0 saturated heterocycles. The molecule has 0 heterocycles. The largest absolute Gasteiger partial charge is 0.399 e. The highest BCUT2D eigenvalue weighted by Gasteiger charge is 2.13. The Bertz CT molecular complexity index is 633. The first-order valence-corrected chi connectivity index (χ1v) is 6.88. The Kier molecular flexibility index (Phi) is 4.48. The summed E-state index contributed by atoms with van der Waals surface area (Å²) in [5.74, 6) is -0.119. The second-order valence-corrected chi connectivity index (χ2v) is 5.34. The zero-order valence-corrected chi connectivity index (χ0v) is 12.7. The highest BCUT2D eigenvalue weighted by Crippen LogP contribution is 2.21. The van der Waals surface area contributed by atoms with Gasteiger partial charge in [0.1, 0.15) is 0 Å². The summed E-state index contributed by atoms with van der Waals surface area (Å²) in [6.45, 7) is 2.54. The highest BCUT2D eigenvalue weighted by atomic mass is 16.1. The molecule has 2 aromatic rings. The number of nitrogens with zero attached hydrogens (tertiary/aromatic N) is 1. The van der Waals surface area contributed by atoms with E-state index in [4.69, 9.17) is 5.73 Å². The van der Waals surface area contributed by atoms with Crippen molar-refractivity contribution in [1.82, 2.24) is 5.32 Å². The molecule has 0 unspecified atom stereocenters. The Morgan fingerprint density at radius 3 is 2.43 bits per heavy atom. The summed E-state index contributed by atoms with van der Waals surface area (Å²) in [4.78, 5) is 14.3. The van der Waals surface area contributed by atoms with Crippen molar-refractivity contribution in [3.63, 3.8) is 0 Å². The van der Waals surface area contributed by atoms with Crippen LogP contribution in [-0.4, -0.2) is 20.0 Å². The van der Waals surface area contributed by atoms with Gasteiger partial charge in [0.15, 0.2) is 0 Å². The normalized spacial score (nSPS) is 10.2. The molecule has 0 saturated carbocycles. The number of amides is 1. The van der Waals surface area contributed by atoms with Crippen molar-refractivity contribution >= 4 is 17.3 Å². The fourth-order valence-corrected chi connectivity index (χ4v) is 2.11. The number of nitrogen functional groups attached to an aromatic ring is 1. The third kappa shape index (κ3) is 3.75. The second kappa shape index (κ2) is 6.31. The van der Waals surface area contributed by atoms with E-state index in [1.54, 1.807) is 12.1 Å². The van der Waals surface area contributed by atoms with Crippen LogP contribution in [0.1, 0.15) is 21.5 Å². The predicted molar refractivity (Wildman–Crippen MR) is 87.5 cm³/mol. The maximum absolute atomic E-state index is 12.4. The van der Waals surface area contributed by atoms with Crippen molar-refractivity contribution in [2.24, 2.45) is 0 Å². The minimum absolute atomic E-state index is 0.119. The number of anilines is 2. The highest BCUT2D eigenvalue weighted by molar-refractivity contribution is 6.00. The molecule has 1 amide bonds. The molecular formula is C17H21N3O. The summed E-state index contributed by atoms with van der Waals surface area (Å²) < 4.78 is 0. The molecular weight excluding hydrogens is 262 g/mol. The first-order valence-electron chi connectivity index (χ1n) is 6.88. The average molecular weight is 283 g/mol. The number of benzene rings is 2. The minimum atomic E-state index is -0.119. The van der Waals surface area contributed by atoms with Gasteiger partial charge in [-0.3, -0.25) is 4.79 Å². The van der Waals surface area contributed by atoms with Crippen LogP contribution in [0.5, 0.6) is 0 Å². The average Bonchev–Trinajstić information content (AvgIpc) is 2.46. The first-order chi connectivity index (χ1) is 9.97. The van der Waals surface area contributed by atoms with Crippen LogP contribution in [0.3, 0.4) is 0 Å². The van der Waals surface area contributed by atoms with E-state index in [0.717, 1.165) is 11.3 Å². The standard InChI is InChI=1S/C17H21N3O/c1-12-4-6-13(7-5-12)11-19-17(21)15-10-14(18)8-9-16(15)20(2)3/h4-10H,11,18H2,1-3H3,(H,19,21). The summed E-state index contributed by atoms with van der Waals surface area (Å²) in [6, 6.07) is 13.5. The Hall–Kier alpha value is -2.49. The van der Waals surface area contributed by atoms with Crippen molar-refractivity contribution in [3.8, 4) is 0 Å². The van der Waals surface area contributed by atoms with Gasteiger partial charge in [0.2, 0.25) is 0 Å². The van der Waals surface area contributed by atoms with E-state index >= 15 is 0 Å². The molecule has 0 aromatic heterocycles. The van der Waals surface area contributed by atoms with Crippen LogP contribution in [0.15, 0.2) is 42.5 Å². The zero-order valence-electron chi connectivity index (χ0n) is 12.7. The molecule has 2 rings (SSSR count). The van der Waals surface area contributed by atoms with Gasteiger partial charge in [0, 0.05) is 32.0 Å². The van der Waals surface area contributed by atoms with Gasteiger partial charge in [-0.05, 0) is 30.7 Å². The fraction of sp³-hybridized carbons (Fsp3) is 0.235. The third-order valence-electron chi connectivity index (χ3n) is 3.32. The van der Waals surface area contributed by atoms with Gasteiger partial charge in [-0.25, -0.2) is 0 Å². The molecule has 4 heteroatoms. The van der Waals surface area contributed by atoms with Crippen LogP contribution in [0.2, 0.25) is 0 Å². The van der Waals surface area contributed by atoms with E-state index in [-0.39, 0.29) is 5.91 Å². The first kappa shape index (κ1) is 14.9. The van der Waals surface area contributed by atoms with Crippen LogP contribution in [0, 0.1) is 6.92 Å². The maximum atomic E-state index is 12.4. The third-order valence-corrected chi connectivity index (χ3v) is 3.32.